The summed E-state index contributed by atoms with van der Waals surface area (Å²) in [6.45, 7) is 6.84. The van der Waals surface area contributed by atoms with E-state index in [0.717, 1.165) is 17.9 Å². The lowest BCUT2D eigenvalue weighted by Crippen LogP contribution is -2.28. The van der Waals surface area contributed by atoms with Gasteiger partial charge in [0, 0.05) is 37.9 Å². The molecule has 102 valence electrons. The van der Waals surface area contributed by atoms with Crippen LogP contribution in [0.3, 0.4) is 0 Å². The molecule has 1 aliphatic rings. The Morgan fingerprint density at radius 3 is 2.95 bits per heavy atom. The first kappa shape index (κ1) is 12.5. The zero-order valence-corrected chi connectivity index (χ0v) is 11.9. The number of fused-ring (bicyclic) bond motifs is 1. The van der Waals surface area contributed by atoms with Crippen molar-refractivity contribution < 1.29 is 0 Å². The number of anilines is 1. The molecule has 1 aliphatic heterocycles. The summed E-state index contributed by atoms with van der Waals surface area (Å²) in [6.07, 6.45) is 5.49. The maximum Gasteiger partial charge on any atom is 0.150 e. The van der Waals surface area contributed by atoms with Gasteiger partial charge in [-0.1, -0.05) is 0 Å². The molecule has 2 aromatic rings. The van der Waals surface area contributed by atoms with Gasteiger partial charge in [-0.2, -0.15) is 0 Å². The maximum atomic E-state index is 4.81. The molecule has 0 spiro atoms. The van der Waals surface area contributed by atoms with Crippen LogP contribution in [0.5, 0.6) is 0 Å². The Labute approximate surface area is 114 Å². The van der Waals surface area contributed by atoms with E-state index in [1.165, 1.54) is 18.7 Å². The Bertz CT molecular complexity index is 573. The van der Waals surface area contributed by atoms with Gasteiger partial charge in [0.15, 0.2) is 0 Å². The lowest BCUT2D eigenvalue weighted by molar-refractivity contribution is 0.272. The van der Waals surface area contributed by atoms with E-state index in [2.05, 4.69) is 53.0 Å². The molecule has 4 heteroatoms. The van der Waals surface area contributed by atoms with Gasteiger partial charge >= 0.3 is 0 Å². The highest BCUT2D eigenvalue weighted by molar-refractivity contribution is 5.68. The standard InChI is InChI=1S/C15H22N4/c1-11(2)18-8-6-12(9-18)13-10-19-7-4-5-14(19)15(16-3)17-13/h4-5,7,10-12H,6,8-9H2,1-3H3,(H,16,17)/t12-/m0/s1. The summed E-state index contributed by atoms with van der Waals surface area (Å²) >= 11 is 0. The van der Waals surface area contributed by atoms with Crippen LogP contribution >= 0.6 is 0 Å². The topological polar surface area (TPSA) is 32.6 Å². The molecule has 0 amide bonds. The van der Waals surface area contributed by atoms with Crippen molar-refractivity contribution >= 4 is 11.3 Å². The first-order chi connectivity index (χ1) is 9.19. The van der Waals surface area contributed by atoms with E-state index in [1.54, 1.807) is 0 Å². The molecular formula is C15H22N4. The van der Waals surface area contributed by atoms with Crippen molar-refractivity contribution in [3.63, 3.8) is 0 Å². The molecule has 2 aromatic heterocycles. The fourth-order valence-corrected chi connectivity index (χ4v) is 2.94. The molecule has 3 heterocycles. The van der Waals surface area contributed by atoms with Crippen LogP contribution in [0.4, 0.5) is 5.82 Å². The van der Waals surface area contributed by atoms with Crippen molar-refractivity contribution in [2.45, 2.75) is 32.2 Å². The highest BCUT2D eigenvalue weighted by atomic mass is 15.2. The van der Waals surface area contributed by atoms with Crippen LogP contribution in [-0.2, 0) is 0 Å². The Kier molecular flexibility index (Phi) is 3.19. The minimum absolute atomic E-state index is 0.557. The summed E-state index contributed by atoms with van der Waals surface area (Å²) in [7, 11) is 1.94. The van der Waals surface area contributed by atoms with Crippen molar-refractivity contribution in [1.29, 1.82) is 0 Å². The van der Waals surface area contributed by atoms with Gasteiger partial charge in [-0.3, -0.25) is 0 Å². The summed E-state index contributed by atoms with van der Waals surface area (Å²) in [5, 5.41) is 3.21. The fraction of sp³-hybridized carbons (Fsp3) is 0.533. The smallest absolute Gasteiger partial charge is 0.150 e. The van der Waals surface area contributed by atoms with E-state index in [-0.39, 0.29) is 0 Å². The minimum Gasteiger partial charge on any atom is -0.371 e. The monoisotopic (exact) mass is 258 g/mol. The molecule has 1 N–H and O–H groups in total. The third-order valence-corrected chi connectivity index (χ3v) is 4.14. The molecule has 1 saturated heterocycles. The highest BCUT2D eigenvalue weighted by Crippen LogP contribution is 2.29. The van der Waals surface area contributed by atoms with Crippen molar-refractivity contribution in [2.24, 2.45) is 0 Å². The SMILES string of the molecule is CNc1nc([C@H]2CCN(C(C)C)C2)cn2cccc12. The fourth-order valence-electron chi connectivity index (χ4n) is 2.94. The number of aromatic nitrogens is 2. The molecule has 0 unspecified atom stereocenters. The highest BCUT2D eigenvalue weighted by Gasteiger charge is 2.27. The molecule has 1 fully saturated rings. The zero-order chi connectivity index (χ0) is 13.4. The number of nitrogens with zero attached hydrogens (tertiary/aromatic N) is 3. The average molecular weight is 258 g/mol. The average Bonchev–Trinajstić information content (AvgIpc) is 3.05. The van der Waals surface area contributed by atoms with Crippen LogP contribution in [0.1, 0.15) is 31.9 Å². The predicted octanol–water partition coefficient (Wildman–Crippen LogP) is 2.57. The molecule has 0 aromatic carbocycles. The van der Waals surface area contributed by atoms with E-state index in [1.807, 2.05) is 7.05 Å². The second kappa shape index (κ2) is 4.85. The molecule has 0 aliphatic carbocycles. The Morgan fingerprint density at radius 1 is 1.42 bits per heavy atom. The third-order valence-electron chi connectivity index (χ3n) is 4.14. The summed E-state index contributed by atoms with van der Waals surface area (Å²) < 4.78 is 2.17. The van der Waals surface area contributed by atoms with E-state index >= 15 is 0 Å². The van der Waals surface area contributed by atoms with E-state index in [9.17, 15) is 0 Å². The number of likely N-dealkylation sites (tertiary alicyclic amines) is 1. The second-order valence-electron chi connectivity index (χ2n) is 5.64. The Morgan fingerprint density at radius 2 is 2.26 bits per heavy atom. The van der Waals surface area contributed by atoms with Gasteiger partial charge in [0.05, 0.1) is 11.2 Å². The van der Waals surface area contributed by atoms with Crippen molar-refractivity contribution in [1.82, 2.24) is 14.3 Å². The molecule has 1 atom stereocenters. The first-order valence-electron chi connectivity index (χ1n) is 7.08. The van der Waals surface area contributed by atoms with E-state index in [0.29, 0.717) is 12.0 Å². The zero-order valence-electron chi connectivity index (χ0n) is 11.9. The van der Waals surface area contributed by atoms with Crippen molar-refractivity contribution in [3.8, 4) is 0 Å². The number of hydrogen-bond acceptors (Lipinski definition) is 3. The summed E-state index contributed by atoms with van der Waals surface area (Å²) in [4.78, 5) is 7.34. The second-order valence-corrected chi connectivity index (χ2v) is 5.64. The largest absolute Gasteiger partial charge is 0.371 e. The van der Waals surface area contributed by atoms with Crippen LogP contribution in [0.15, 0.2) is 24.5 Å². The van der Waals surface area contributed by atoms with Gasteiger partial charge in [-0.05, 0) is 38.9 Å². The van der Waals surface area contributed by atoms with E-state index in [4.69, 9.17) is 4.98 Å². The molecular weight excluding hydrogens is 236 g/mol. The van der Waals surface area contributed by atoms with Crippen LogP contribution in [0, 0.1) is 0 Å². The summed E-state index contributed by atoms with van der Waals surface area (Å²) in [5.74, 6) is 1.53. The van der Waals surface area contributed by atoms with Gasteiger partial charge in [-0.25, -0.2) is 4.98 Å². The number of hydrogen-bond donors (Lipinski definition) is 1. The normalized spacial score (nSPS) is 20.5. The Balaban J connectivity index is 1.93. The van der Waals surface area contributed by atoms with Gasteiger partial charge in [0.25, 0.3) is 0 Å². The van der Waals surface area contributed by atoms with Gasteiger partial charge < -0.3 is 14.6 Å². The van der Waals surface area contributed by atoms with E-state index < -0.39 is 0 Å². The van der Waals surface area contributed by atoms with Gasteiger partial charge in [-0.15, -0.1) is 0 Å². The number of rotatable bonds is 3. The summed E-state index contributed by atoms with van der Waals surface area (Å²) in [5.41, 5.74) is 2.35. The molecule has 19 heavy (non-hydrogen) atoms. The molecule has 0 bridgehead atoms. The first-order valence-corrected chi connectivity index (χ1v) is 7.08. The Hall–Kier alpha value is -1.55. The lowest BCUT2D eigenvalue weighted by atomic mass is 10.1. The van der Waals surface area contributed by atoms with Crippen LogP contribution < -0.4 is 5.32 Å². The molecule has 4 nitrogen and oxygen atoms in total. The van der Waals surface area contributed by atoms with Gasteiger partial charge in [0.2, 0.25) is 0 Å². The van der Waals surface area contributed by atoms with Crippen LogP contribution in [-0.4, -0.2) is 40.5 Å². The molecule has 3 rings (SSSR count). The maximum absolute atomic E-state index is 4.81. The molecule has 0 saturated carbocycles. The third kappa shape index (κ3) is 2.21. The van der Waals surface area contributed by atoms with Crippen molar-refractivity contribution in [3.05, 3.63) is 30.2 Å². The van der Waals surface area contributed by atoms with Crippen LogP contribution in [0.25, 0.3) is 5.52 Å². The quantitative estimate of drug-likeness (QED) is 0.918. The predicted molar refractivity (Wildman–Crippen MR) is 78.8 cm³/mol. The van der Waals surface area contributed by atoms with Crippen LogP contribution in [0.2, 0.25) is 0 Å². The lowest BCUT2D eigenvalue weighted by Gasteiger charge is -2.20. The minimum atomic E-state index is 0.557. The number of nitrogens with one attached hydrogen (secondary N) is 1. The summed E-state index contributed by atoms with van der Waals surface area (Å²) in [6, 6.07) is 4.79. The molecule has 0 radical (unpaired) electrons. The van der Waals surface area contributed by atoms with Crippen molar-refractivity contribution in [2.75, 3.05) is 25.5 Å². The van der Waals surface area contributed by atoms with Gasteiger partial charge in [0.1, 0.15) is 5.82 Å².